The summed E-state index contributed by atoms with van der Waals surface area (Å²) in [6.45, 7) is 2.04. The normalized spacial score (nSPS) is 16.0. The molecule has 2 aromatic carbocycles. The van der Waals surface area contributed by atoms with Crippen LogP contribution in [0.5, 0.6) is 0 Å². The van der Waals surface area contributed by atoms with E-state index in [-0.39, 0.29) is 0 Å². The van der Waals surface area contributed by atoms with Gasteiger partial charge in [-0.05, 0) is 42.3 Å². The van der Waals surface area contributed by atoms with Crippen LogP contribution in [-0.4, -0.2) is 11.9 Å². The van der Waals surface area contributed by atoms with Gasteiger partial charge in [-0.15, -0.1) is 0 Å². The molecule has 1 heterocycles. The van der Waals surface area contributed by atoms with Gasteiger partial charge in [-0.2, -0.15) is 0 Å². The fourth-order valence-electron chi connectivity index (χ4n) is 2.10. The third kappa shape index (κ3) is 4.05. The van der Waals surface area contributed by atoms with E-state index >= 15 is 0 Å². The molecule has 0 N–H and O–H groups in total. The van der Waals surface area contributed by atoms with Crippen LogP contribution in [0.15, 0.2) is 69.8 Å². The molecule has 0 unspecified atom stereocenters. The molecule has 0 aromatic heterocycles. The molecule has 0 atom stereocenters. The number of esters is 1. The Morgan fingerprint density at radius 2 is 1.83 bits per heavy atom. The standard InChI is InChI=1S/C19H14BrNO2/c1-13-5-7-14(8-6-13)9-10-18-21-17(19(22)23-18)12-15-3-2-4-16(20)11-15/h2-12H,1H3/b10-9+,17-12-. The van der Waals surface area contributed by atoms with Crippen molar-refractivity contribution in [3.8, 4) is 0 Å². The highest BCUT2D eigenvalue weighted by Gasteiger charge is 2.20. The van der Waals surface area contributed by atoms with Crippen LogP contribution in [0.2, 0.25) is 0 Å². The summed E-state index contributed by atoms with van der Waals surface area (Å²) < 4.78 is 6.11. The average molecular weight is 368 g/mol. The number of ether oxygens (including phenoxy) is 1. The third-order valence-electron chi connectivity index (χ3n) is 3.28. The molecular weight excluding hydrogens is 354 g/mol. The van der Waals surface area contributed by atoms with Crippen LogP contribution in [0.25, 0.3) is 12.2 Å². The van der Waals surface area contributed by atoms with E-state index in [9.17, 15) is 4.79 Å². The van der Waals surface area contributed by atoms with E-state index in [1.54, 1.807) is 12.2 Å². The molecule has 0 saturated heterocycles. The van der Waals surface area contributed by atoms with Gasteiger partial charge < -0.3 is 4.74 Å². The second kappa shape index (κ2) is 6.75. The summed E-state index contributed by atoms with van der Waals surface area (Å²) in [4.78, 5) is 16.1. The van der Waals surface area contributed by atoms with E-state index in [2.05, 4.69) is 20.9 Å². The van der Waals surface area contributed by atoms with Crippen molar-refractivity contribution in [2.75, 3.05) is 0 Å². The monoisotopic (exact) mass is 367 g/mol. The number of aliphatic imine (C=N–C) groups is 1. The first kappa shape index (κ1) is 15.4. The molecule has 4 heteroatoms. The molecule has 3 rings (SSSR count). The Kier molecular flexibility index (Phi) is 4.53. The summed E-state index contributed by atoms with van der Waals surface area (Å²) in [5, 5.41) is 0. The predicted octanol–water partition coefficient (Wildman–Crippen LogP) is 4.77. The van der Waals surface area contributed by atoms with Crippen LogP contribution in [-0.2, 0) is 9.53 Å². The van der Waals surface area contributed by atoms with Crippen LogP contribution in [0, 0.1) is 6.92 Å². The van der Waals surface area contributed by atoms with Gasteiger partial charge in [0.25, 0.3) is 0 Å². The minimum Gasteiger partial charge on any atom is -0.403 e. The Labute approximate surface area is 143 Å². The molecule has 1 aliphatic rings. The summed E-state index contributed by atoms with van der Waals surface area (Å²) in [6, 6.07) is 15.7. The Morgan fingerprint density at radius 1 is 1.04 bits per heavy atom. The maximum Gasteiger partial charge on any atom is 0.363 e. The second-order valence-electron chi connectivity index (χ2n) is 5.17. The quantitative estimate of drug-likeness (QED) is 0.578. The molecule has 23 heavy (non-hydrogen) atoms. The topological polar surface area (TPSA) is 38.7 Å². The Hall–Kier alpha value is -2.46. The van der Waals surface area contributed by atoms with Crippen LogP contribution < -0.4 is 0 Å². The third-order valence-corrected chi connectivity index (χ3v) is 3.78. The van der Waals surface area contributed by atoms with Gasteiger partial charge in [0, 0.05) is 10.5 Å². The maximum atomic E-state index is 11.9. The number of halogens is 1. The minimum absolute atomic E-state index is 0.298. The van der Waals surface area contributed by atoms with Gasteiger partial charge in [-0.3, -0.25) is 0 Å². The highest BCUT2D eigenvalue weighted by molar-refractivity contribution is 9.10. The van der Waals surface area contributed by atoms with Crippen LogP contribution >= 0.6 is 15.9 Å². The molecule has 3 nitrogen and oxygen atoms in total. The van der Waals surface area contributed by atoms with Gasteiger partial charge in [-0.1, -0.05) is 57.9 Å². The van der Waals surface area contributed by atoms with Crippen LogP contribution in [0.4, 0.5) is 0 Å². The van der Waals surface area contributed by atoms with Crippen molar-refractivity contribution >= 4 is 39.9 Å². The van der Waals surface area contributed by atoms with Gasteiger partial charge in [0.15, 0.2) is 5.70 Å². The zero-order valence-electron chi connectivity index (χ0n) is 12.5. The zero-order valence-corrected chi connectivity index (χ0v) is 14.1. The fraction of sp³-hybridized carbons (Fsp3) is 0.0526. The van der Waals surface area contributed by atoms with Crippen LogP contribution in [0.1, 0.15) is 16.7 Å². The molecule has 0 spiro atoms. The van der Waals surface area contributed by atoms with E-state index in [0.29, 0.717) is 11.6 Å². The highest BCUT2D eigenvalue weighted by atomic mass is 79.9. The summed E-state index contributed by atoms with van der Waals surface area (Å²) >= 11 is 3.40. The molecule has 0 radical (unpaired) electrons. The lowest BCUT2D eigenvalue weighted by molar-refractivity contribution is -0.129. The number of rotatable bonds is 3. The molecule has 0 amide bonds. The number of cyclic esters (lactones) is 1. The molecule has 0 bridgehead atoms. The van der Waals surface area contributed by atoms with E-state index < -0.39 is 5.97 Å². The Bertz CT molecular complexity index is 833. The lowest BCUT2D eigenvalue weighted by atomic mass is 10.1. The number of nitrogens with zero attached hydrogens (tertiary/aromatic N) is 1. The summed E-state index contributed by atoms with van der Waals surface area (Å²) in [5.74, 6) is -0.134. The zero-order chi connectivity index (χ0) is 16.2. The van der Waals surface area contributed by atoms with Gasteiger partial charge >= 0.3 is 5.97 Å². The number of hydrogen-bond donors (Lipinski definition) is 0. The molecule has 2 aromatic rings. The average Bonchev–Trinajstić information content (AvgIpc) is 2.87. The number of hydrogen-bond acceptors (Lipinski definition) is 3. The van der Waals surface area contributed by atoms with Crippen molar-refractivity contribution in [1.29, 1.82) is 0 Å². The minimum atomic E-state index is -0.437. The van der Waals surface area contributed by atoms with Crippen molar-refractivity contribution < 1.29 is 9.53 Å². The van der Waals surface area contributed by atoms with Gasteiger partial charge in [0.1, 0.15) is 0 Å². The second-order valence-corrected chi connectivity index (χ2v) is 6.08. The van der Waals surface area contributed by atoms with Crippen molar-refractivity contribution in [2.45, 2.75) is 6.92 Å². The highest BCUT2D eigenvalue weighted by Crippen LogP contribution is 2.19. The van der Waals surface area contributed by atoms with Gasteiger partial charge in [-0.25, -0.2) is 9.79 Å². The van der Waals surface area contributed by atoms with E-state index in [4.69, 9.17) is 4.74 Å². The van der Waals surface area contributed by atoms with Crippen LogP contribution in [0.3, 0.4) is 0 Å². The predicted molar refractivity (Wildman–Crippen MR) is 95.9 cm³/mol. The lowest BCUT2D eigenvalue weighted by Crippen LogP contribution is -2.01. The van der Waals surface area contributed by atoms with Crippen molar-refractivity contribution in [3.63, 3.8) is 0 Å². The summed E-state index contributed by atoms with van der Waals surface area (Å²) in [5.41, 5.74) is 3.41. The van der Waals surface area contributed by atoms with Crippen molar-refractivity contribution in [1.82, 2.24) is 0 Å². The molecular formula is C19H14BrNO2. The van der Waals surface area contributed by atoms with E-state index in [0.717, 1.165) is 15.6 Å². The number of aryl methyl sites for hydroxylation is 1. The first-order chi connectivity index (χ1) is 11.1. The summed E-state index contributed by atoms with van der Waals surface area (Å²) in [6.07, 6.45) is 5.28. The number of carbonyl (C=O) groups excluding carboxylic acids is 1. The molecule has 0 fully saturated rings. The Morgan fingerprint density at radius 3 is 2.57 bits per heavy atom. The van der Waals surface area contributed by atoms with Crippen molar-refractivity contribution in [3.05, 3.63) is 81.5 Å². The number of carbonyl (C=O) groups is 1. The smallest absolute Gasteiger partial charge is 0.363 e. The fourth-order valence-corrected chi connectivity index (χ4v) is 2.51. The Balaban J connectivity index is 1.79. The molecule has 0 saturated carbocycles. The first-order valence-electron chi connectivity index (χ1n) is 7.13. The van der Waals surface area contributed by atoms with E-state index in [1.807, 2.05) is 61.5 Å². The molecule has 114 valence electrons. The van der Waals surface area contributed by atoms with Gasteiger partial charge in [0.05, 0.1) is 0 Å². The van der Waals surface area contributed by atoms with E-state index in [1.165, 1.54) is 5.56 Å². The van der Waals surface area contributed by atoms with Crippen molar-refractivity contribution in [2.24, 2.45) is 4.99 Å². The number of benzene rings is 2. The largest absolute Gasteiger partial charge is 0.403 e. The molecule has 0 aliphatic carbocycles. The SMILES string of the molecule is Cc1ccc(/C=C/C2=NC(=C\c3cccc(Br)c3)/C(=O)O2)cc1. The first-order valence-corrected chi connectivity index (χ1v) is 7.92. The van der Waals surface area contributed by atoms with Gasteiger partial charge in [0.2, 0.25) is 5.90 Å². The molecule has 1 aliphatic heterocycles. The lowest BCUT2D eigenvalue weighted by Gasteiger charge is -1.95. The summed E-state index contributed by atoms with van der Waals surface area (Å²) in [7, 11) is 0. The maximum absolute atomic E-state index is 11.9.